The van der Waals surface area contributed by atoms with Crippen LogP contribution in [0, 0.1) is 12.7 Å². The Balaban J connectivity index is 1.74. The van der Waals surface area contributed by atoms with Gasteiger partial charge in [-0.15, -0.1) is 0 Å². The summed E-state index contributed by atoms with van der Waals surface area (Å²) in [6.45, 7) is 7.53. The molecule has 0 amide bonds. The number of fused-ring (bicyclic) bond motifs is 1. The summed E-state index contributed by atoms with van der Waals surface area (Å²) in [5.74, 6) is 0.872. The Hall–Kier alpha value is -3.10. The zero-order valence-electron chi connectivity index (χ0n) is 22.9. The van der Waals surface area contributed by atoms with E-state index >= 15 is 4.39 Å². The number of benzene rings is 3. The largest absolute Gasteiger partial charge is 0.373 e. The highest BCUT2D eigenvalue weighted by Crippen LogP contribution is 2.62. The summed E-state index contributed by atoms with van der Waals surface area (Å²) in [5, 5.41) is 6.00. The van der Waals surface area contributed by atoms with Gasteiger partial charge in [0.05, 0.1) is 40.1 Å². The van der Waals surface area contributed by atoms with Crippen LogP contribution in [0.4, 0.5) is 15.9 Å². The summed E-state index contributed by atoms with van der Waals surface area (Å²) in [5.41, 5.74) is 2.98. The average Bonchev–Trinajstić information content (AvgIpc) is 3.28. The van der Waals surface area contributed by atoms with Gasteiger partial charge in [0, 0.05) is 24.6 Å². The van der Waals surface area contributed by atoms with Crippen molar-refractivity contribution in [2.75, 3.05) is 20.1 Å². The fourth-order valence-electron chi connectivity index (χ4n) is 5.61. The molecule has 1 saturated heterocycles. The standard InChI is InChI=1S/C30H31BrFN6OP/c1-20-18-37(19-21(2)39-20)40(35-27-17-11-9-15-25(27)31)28-22(3)34-38(23-12-6-5-7-13-23)30(28)33-29(36(40)4)24-14-8-10-16-26(24)32/h5-17,20-21H,18-19H2,1-4H3/t20-,21-,40+/m0/s1. The number of halogens is 2. The third-order valence-corrected chi connectivity index (χ3v) is 11.7. The number of hydrogen-bond acceptors (Lipinski definition) is 4. The lowest BCUT2D eigenvalue weighted by Gasteiger charge is -2.49. The van der Waals surface area contributed by atoms with Crippen LogP contribution in [0.15, 0.2) is 93.1 Å². The Kier molecular flexibility index (Phi) is 7.25. The van der Waals surface area contributed by atoms with Crippen molar-refractivity contribution >= 4 is 45.9 Å². The second-order valence-corrected chi connectivity index (χ2v) is 14.0. The third kappa shape index (κ3) is 4.55. The van der Waals surface area contributed by atoms with Gasteiger partial charge in [0.2, 0.25) is 0 Å². The van der Waals surface area contributed by atoms with Crippen LogP contribution in [0.1, 0.15) is 25.1 Å². The molecule has 3 aromatic carbocycles. The molecule has 0 N–H and O–H groups in total. The number of hydrogen-bond donors (Lipinski definition) is 0. The highest BCUT2D eigenvalue weighted by atomic mass is 79.9. The van der Waals surface area contributed by atoms with Crippen LogP contribution in [-0.2, 0) is 4.74 Å². The molecule has 3 heterocycles. The number of morpholine rings is 1. The number of nitrogens with zero attached hydrogens (tertiary/aromatic N) is 6. The molecule has 2 aliphatic rings. The molecule has 1 fully saturated rings. The van der Waals surface area contributed by atoms with Crippen molar-refractivity contribution in [2.45, 2.75) is 33.0 Å². The molecule has 0 unspecified atom stereocenters. The van der Waals surface area contributed by atoms with Crippen LogP contribution in [0.5, 0.6) is 0 Å². The van der Waals surface area contributed by atoms with E-state index in [0.717, 1.165) is 26.8 Å². The highest BCUT2D eigenvalue weighted by Gasteiger charge is 2.47. The van der Waals surface area contributed by atoms with Gasteiger partial charge in [0.15, 0.2) is 13.2 Å². The Bertz CT molecular complexity index is 1650. The first-order chi connectivity index (χ1) is 19.3. The predicted octanol–water partition coefficient (Wildman–Crippen LogP) is 7.20. The van der Waals surface area contributed by atoms with Crippen molar-refractivity contribution in [3.8, 4) is 5.69 Å². The molecule has 206 valence electrons. The van der Waals surface area contributed by atoms with Crippen molar-refractivity contribution in [3.63, 3.8) is 0 Å². The molecule has 40 heavy (non-hydrogen) atoms. The monoisotopic (exact) mass is 620 g/mol. The van der Waals surface area contributed by atoms with E-state index in [1.54, 1.807) is 12.1 Å². The SMILES string of the molecule is Cc1nn(-c2ccccc2)c2c1[P@](=Nc1ccccc1Br)(N1C[C@H](C)O[C@@H](C)C1)N(C)C(c1ccccc1F)=N2. The molecular weight excluding hydrogens is 590 g/mol. The van der Waals surface area contributed by atoms with Gasteiger partial charge in [0.1, 0.15) is 11.7 Å². The van der Waals surface area contributed by atoms with Crippen molar-refractivity contribution in [1.82, 2.24) is 19.1 Å². The van der Waals surface area contributed by atoms with E-state index in [-0.39, 0.29) is 18.0 Å². The van der Waals surface area contributed by atoms with Crippen LogP contribution < -0.4 is 5.30 Å². The van der Waals surface area contributed by atoms with Crippen molar-refractivity contribution in [1.29, 1.82) is 0 Å². The first kappa shape index (κ1) is 27.1. The first-order valence-corrected chi connectivity index (χ1v) is 15.7. The van der Waals surface area contributed by atoms with E-state index in [2.05, 4.69) is 39.1 Å². The van der Waals surface area contributed by atoms with Crippen LogP contribution >= 0.6 is 23.3 Å². The minimum Gasteiger partial charge on any atom is -0.373 e. The van der Waals surface area contributed by atoms with Gasteiger partial charge in [-0.25, -0.2) is 23.5 Å². The Morgan fingerprint density at radius 1 is 0.950 bits per heavy atom. The van der Waals surface area contributed by atoms with Gasteiger partial charge in [-0.1, -0.05) is 42.5 Å². The van der Waals surface area contributed by atoms with Gasteiger partial charge < -0.3 is 9.41 Å². The molecule has 3 atom stereocenters. The zero-order chi connectivity index (χ0) is 28.0. The van der Waals surface area contributed by atoms with Crippen LogP contribution in [0.3, 0.4) is 0 Å². The second kappa shape index (κ2) is 10.7. The summed E-state index contributed by atoms with van der Waals surface area (Å²) in [6, 6.07) is 24.7. The lowest BCUT2D eigenvalue weighted by atomic mass is 10.2. The molecular formula is C30H31BrFN6OP. The topological polar surface area (TPSA) is 58.3 Å². The number of aliphatic imine (C=N–C) groups is 1. The van der Waals surface area contributed by atoms with E-state index in [4.69, 9.17) is 19.6 Å². The normalized spacial score (nSPS) is 23.1. The highest BCUT2D eigenvalue weighted by molar-refractivity contribution is 9.10. The van der Waals surface area contributed by atoms with Crippen LogP contribution in [-0.4, -0.2) is 57.3 Å². The van der Waals surface area contributed by atoms with Gasteiger partial charge in [-0.2, -0.15) is 5.10 Å². The molecule has 4 aromatic rings. The van der Waals surface area contributed by atoms with E-state index < -0.39 is 7.36 Å². The fraction of sp³-hybridized carbons (Fsp3) is 0.267. The fourth-order valence-corrected chi connectivity index (χ4v) is 10.1. The third-order valence-electron chi connectivity index (χ3n) is 7.25. The second-order valence-electron chi connectivity index (χ2n) is 10.2. The summed E-state index contributed by atoms with van der Waals surface area (Å²) >= 11 is 3.74. The van der Waals surface area contributed by atoms with Crippen LogP contribution in [0.2, 0.25) is 0 Å². The number of para-hydroxylation sites is 1. The van der Waals surface area contributed by atoms with Crippen molar-refractivity contribution in [2.24, 2.45) is 9.74 Å². The molecule has 0 saturated carbocycles. The zero-order valence-corrected chi connectivity index (χ0v) is 25.3. The molecule has 0 radical (unpaired) electrons. The van der Waals surface area contributed by atoms with Gasteiger partial charge >= 0.3 is 0 Å². The van der Waals surface area contributed by atoms with Crippen molar-refractivity contribution < 1.29 is 9.13 Å². The number of ether oxygens (including phenoxy) is 1. The Morgan fingerprint density at radius 3 is 2.30 bits per heavy atom. The number of aryl methyl sites for hydroxylation is 1. The van der Waals surface area contributed by atoms with E-state index in [1.807, 2.05) is 79.3 Å². The predicted molar refractivity (Wildman–Crippen MR) is 163 cm³/mol. The van der Waals surface area contributed by atoms with Gasteiger partial charge in [-0.3, -0.25) is 0 Å². The van der Waals surface area contributed by atoms with Gasteiger partial charge in [-0.05, 0) is 73.1 Å². The molecule has 0 aliphatic carbocycles. The summed E-state index contributed by atoms with van der Waals surface area (Å²) in [4.78, 5) is 5.15. The molecule has 0 bridgehead atoms. The Morgan fingerprint density at radius 2 is 1.60 bits per heavy atom. The molecule has 1 aromatic heterocycles. The number of amidine groups is 1. The quantitative estimate of drug-likeness (QED) is 0.226. The van der Waals surface area contributed by atoms with Gasteiger partial charge in [0.25, 0.3) is 0 Å². The number of aromatic nitrogens is 2. The van der Waals surface area contributed by atoms with Crippen molar-refractivity contribution in [3.05, 3.63) is 100 Å². The summed E-state index contributed by atoms with van der Waals surface area (Å²) < 4.78 is 34.6. The molecule has 0 spiro atoms. The lowest BCUT2D eigenvalue weighted by molar-refractivity contribution is -0.0442. The maximum Gasteiger partial charge on any atom is 0.170 e. The first-order valence-electron chi connectivity index (χ1n) is 13.3. The Labute approximate surface area is 242 Å². The molecule has 2 aliphatic heterocycles. The molecule has 6 rings (SSSR count). The summed E-state index contributed by atoms with van der Waals surface area (Å²) in [6.07, 6.45) is -0.0146. The molecule has 10 heteroatoms. The minimum absolute atomic E-state index is 0.00728. The number of rotatable bonds is 4. The maximum atomic E-state index is 15.5. The van der Waals surface area contributed by atoms with Crippen LogP contribution in [0.25, 0.3) is 5.69 Å². The summed E-state index contributed by atoms with van der Waals surface area (Å²) in [7, 11) is -0.856. The van der Waals surface area contributed by atoms with E-state index in [1.165, 1.54) is 6.07 Å². The molecule has 7 nitrogen and oxygen atoms in total. The maximum absolute atomic E-state index is 15.5. The van der Waals surface area contributed by atoms with E-state index in [9.17, 15) is 0 Å². The minimum atomic E-state index is -2.85. The van der Waals surface area contributed by atoms with E-state index in [0.29, 0.717) is 30.3 Å². The average molecular weight is 621 g/mol. The smallest absolute Gasteiger partial charge is 0.170 e. The lowest BCUT2D eigenvalue weighted by Crippen LogP contribution is -2.50.